The molecule has 1 aromatic carbocycles. The van der Waals surface area contributed by atoms with Crippen molar-refractivity contribution in [1.29, 1.82) is 0 Å². The van der Waals surface area contributed by atoms with Crippen LogP contribution in [0.5, 0.6) is 0 Å². The standard InChI is InChI=1S/C16H26N2OS/c1-13-7-9-14(10-8-13)4-2-6-16(19)18-11-3-5-15(17)12-20/h7-10,15,20H,2-6,11-12,17H2,1H3,(H,18,19). The highest BCUT2D eigenvalue weighted by atomic mass is 32.1. The number of benzene rings is 1. The topological polar surface area (TPSA) is 55.1 Å². The van der Waals surface area contributed by atoms with E-state index in [4.69, 9.17) is 5.73 Å². The molecule has 0 saturated carbocycles. The van der Waals surface area contributed by atoms with Crippen LogP contribution in [-0.4, -0.2) is 24.2 Å². The van der Waals surface area contributed by atoms with Crippen LogP contribution >= 0.6 is 12.6 Å². The quantitative estimate of drug-likeness (QED) is 0.484. The van der Waals surface area contributed by atoms with Gasteiger partial charge in [-0.25, -0.2) is 0 Å². The van der Waals surface area contributed by atoms with Crippen LogP contribution in [0, 0.1) is 6.92 Å². The molecular formula is C16H26N2OS. The van der Waals surface area contributed by atoms with Gasteiger partial charge >= 0.3 is 0 Å². The first-order chi connectivity index (χ1) is 9.61. The molecule has 3 N–H and O–H groups in total. The van der Waals surface area contributed by atoms with Crippen molar-refractivity contribution >= 4 is 18.5 Å². The Morgan fingerprint density at radius 1 is 1.30 bits per heavy atom. The zero-order valence-corrected chi connectivity index (χ0v) is 13.2. The molecule has 1 unspecified atom stereocenters. The van der Waals surface area contributed by atoms with E-state index in [1.807, 2.05) is 0 Å². The van der Waals surface area contributed by atoms with E-state index in [-0.39, 0.29) is 11.9 Å². The van der Waals surface area contributed by atoms with Crippen LogP contribution in [0.1, 0.15) is 36.8 Å². The summed E-state index contributed by atoms with van der Waals surface area (Å²) >= 11 is 4.13. The molecule has 0 aromatic heterocycles. The molecule has 0 saturated heterocycles. The second-order valence-corrected chi connectivity index (χ2v) is 5.64. The molecule has 0 aliphatic rings. The number of hydrogen-bond acceptors (Lipinski definition) is 3. The Kier molecular flexibility index (Phi) is 8.38. The molecule has 4 heteroatoms. The van der Waals surface area contributed by atoms with E-state index in [0.29, 0.717) is 18.7 Å². The smallest absolute Gasteiger partial charge is 0.220 e. The van der Waals surface area contributed by atoms with Gasteiger partial charge in [0.15, 0.2) is 0 Å². The highest BCUT2D eigenvalue weighted by Crippen LogP contribution is 2.07. The summed E-state index contributed by atoms with van der Waals surface area (Å²) in [5.74, 6) is 0.835. The van der Waals surface area contributed by atoms with Crippen LogP contribution in [0.15, 0.2) is 24.3 Å². The van der Waals surface area contributed by atoms with Crippen LogP contribution in [0.25, 0.3) is 0 Å². The predicted octanol–water partition coefficient (Wildman–Crippen LogP) is 2.47. The summed E-state index contributed by atoms with van der Waals surface area (Å²) in [6.45, 7) is 2.79. The fourth-order valence-corrected chi connectivity index (χ4v) is 2.16. The Morgan fingerprint density at radius 3 is 2.65 bits per heavy atom. The summed E-state index contributed by atoms with van der Waals surface area (Å²) in [5, 5.41) is 2.94. The maximum atomic E-state index is 11.6. The molecule has 112 valence electrons. The molecular weight excluding hydrogens is 268 g/mol. The molecule has 0 aliphatic carbocycles. The predicted molar refractivity (Wildman–Crippen MR) is 88.2 cm³/mol. The van der Waals surface area contributed by atoms with Gasteiger partial charge in [-0.1, -0.05) is 29.8 Å². The lowest BCUT2D eigenvalue weighted by Gasteiger charge is -2.09. The van der Waals surface area contributed by atoms with E-state index in [2.05, 4.69) is 49.1 Å². The van der Waals surface area contributed by atoms with Crippen molar-refractivity contribution in [2.45, 2.75) is 45.1 Å². The summed E-state index contributed by atoms with van der Waals surface area (Å²) in [4.78, 5) is 11.6. The SMILES string of the molecule is Cc1ccc(CCCC(=O)NCCCC(N)CS)cc1. The van der Waals surface area contributed by atoms with Crippen LogP contribution in [0.3, 0.4) is 0 Å². The van der Waals surface area contributed by atoms with Crippen molar-refractivity contribution in [2.24, 2.45) is 5.73 Å². The normalized spacial score (nSPS) is 12.2. The highest BCUT2D eigenvalue weighted by Gasteiger charge is 2.03. The lowest BCUT2D eigenvalue weighted by Crippen LogP contribution is -2.27. The molecule has 1 atom stereocenters. The summed E-state index contributed by atoms with van der Waals surface area (Å²) in [6, 6.07) is 8.62. The lowest BCUT2D eigenvalue weighted by atomic mass is 10.1. The number of aryl methyl sites for hydroxylation is 2. The lowest BCUT2D eigenvalue weighted by molar-refractivity contribution is -0.121. The van der Waals surface area contributed by atoms with Gasteiger partial charge in [0.2, 0.25) is 5.91 Å². The zero-order valence-electron chi connectivity index (χ0n) is 12.3. The van der Waals surface area contributed by atoms with E-state index in [9.17, 15) is 4.79 Å². The van der Waals surface area contributed by atoms with Gasteiger partial charge in [0.25, 0.3) is 0 Å². The highest BCUT2D eigenvalue weighted by molar-refractivity contribution is 7.80. The van der Waals surface area contributed by atoms with Gasteiger partial charge in [0.05, 0.1) is 0 Å². The van der Waals surface area contributed by atoms with Crippen molar-refractivity contribution in [2.75, 3.05) is 12.3 Å². The van der Waals surface area contributed by atoms with Crippen LogP contribution in [0.4, 0.5) is 0 Å². The Hall–Kier alpha value is -1.00. The third-order valence-electron chi connectivity index (χ3n) is 3.30. The van der Waals surface area contributed by atoms with Crippen molar-refractivity contribution in [3.63, 3.8) is 0 Å². The fourth-order valence-electron chi connectivity index (χ4n) is 1.98. The maximum absolute atomic E-state index is 11.6. The molecule has 1 amide bonds. The molecule has 0 aliphatic heterocycles. The molecule has 0 heterocycles. The van der Waals surface area contributed by atoms with E-state index >= 15 is 0 Å². The minimum absolute atomic E-state index is 0.136. The number of thiol groups is 1. The fraction of sp³-hybridized carbons (Fsp3) is 0.562. The second-order valence-electron chi connectivity index (χ2n) is 5.27. The van der Waals surface area contributed by atoms with E-state index in [1.165, 1.54) is 11.1 Å². The molecule has 0 fully saturated rings. The van der Waals surface area contributed by atoms with Crippen LogP contribution in [-0.2, 0) is 11.2 Å². The van der Waals surface area contributed by atoms with Gasteiger partial charge in [-0.05, 0) is 38.2 Å². The third-order valence-corrected chi connectivity index (χ3v) is 3.77. The number of carbonyl (C=O) groups is 1. The summed E-state index contributed by atoms with van der Waals surface area (Å²) in [5.41, 5.74) is 8.32. The summed E-state index contributed by atoms with van der Waals surface area (Å²) in [7, 11) is 0. The Balaban J connectivity index is 2.07. The average molecular weight is 294 g/mol. The third kappa shape index (κ3) is 7.56. The maximum Gasteiger partial charge on any atom is 0.220 e. The van der Waals surface area contributed by atoms with Gasteiger partial charge < -0.3 is 11.1 Å². The first-order valence-electron chi connectivity index (χ1n) is 7.30. The Labute approximate surface area is 127 Å². The van der Waals surface area contributed by atoms with Crippen molar-refractivity contribution < 1.29 is 4.79 Å². The minimum atomic E-state index is 0.136. The number of hydrogen-bond donors (Lipinski definition) is 3. The second kappa shape index (κ2) is 9.83. The Bertz CT molecular complexity index is 392. The Morgan fingerprint density at radius 2 is 2.00 bits per heavy atom. The van der Waals surface area contributed by atoms with Crippen molar-refractivity contribution in [1.82, 2.24) is 5.32 Å². The molecule has 0 radical (unpaired) electrons. The van der Waals surface area contributed by atoms with Gasteiger partial charge in [-0.2, -0.15) is 12.6 Å². The molecule has 0 bridgehead atoms. The number of carbonyl (C=O) groups excluding carboxylic acids is 1. The largest absolute Gasteiger partial charge is 0.356 e. The van der Waals surface area contributed by atoms with Gasteiger partial charge in [0, 0.05) is 24.8 Å². The minimum Gasteiger partial charge on any atom is -0.356 e. The summed E-state index contributed by atoms with van der Waals surface area (Å²) in [6.07, 6.45) is 4.27. The zero-order chi connectivity index (χ0) is 14.8. The van der Waals surface area contributed by atoms with Crippen LogP contribution < -0.4 is 11.1 Å². The molecule has 20 heavy (non-hydrogen) atoms. The van der Waals surface area contributed by atoms with Crippen molar-refractivity contribution in [3.8, 4) is 0 Å². The summed E-state index contributed by atoms with van der Waals surface area (Å²) < 4.78 is 0. The molecule has 1 aromatic rings. The monoisotopic (exact) mass is 294 g/mol. The van der Waals surface area contributed by atoms with Gasteiger partial charge in [-0.3, -0.25) is 4.79 Å². The number of amides is 1. The number of rotatable bonds is 9. The van der Waals surface area contributed by atoms with E-state index in [0.717, 1.165) is 25.7 Å². The van der Waals surface area contributed by atoms with Crippen molar-refractivity contribution in [3.05, 3.63) is 35.4 Å². The number of nitrogens with one attached hydrogen (secondary N) is 1. The first-order valence-corrected chi connectivity index (χ1v) is 7.93. The van der Waals surface area contributed by atoms with Gasteiger partial charge in [0.1, 0.15) is 0 Å². The molecule has 3 nitrogen and oxygen atoms in total. The van der Waals surface area contributed by atoms with Gasteiger partial charge in [-0.15, -0.1) is 0 Å². The number of nitrogens with two attached hydrogens (primary N) is 1. The molecule has 0 spiro atoms. The average Bonchev–Trinajstić information content (AvgIpc) is 2.45. The van der Waals surface area contributed by atoms with E-state index in [1.54, 1.807) is 0 Å². The molecule has 1 rings (SSSR count). The van der Waals surface area contributed by atoms with Crippen LogP contribution in [0.2, 0.25) is 0 Å². The first kappa shape index (κ1) is 17.1. The van der Waals surface area contributed by atoms with E-state index < -0.39 is 0 Å².